The predicted molar refractivity (Wildman–Crippen MR) is 106 cm³/mol. The van der Waals surface area contributed by atoms with E-state index in [4.69, 9.17) is 9.47 Å². The van der Waals surface area contributed by atoms with Crippen molar-refractivity contribution < 1.29 is 18.5 Å². The van der Waals surface area contributed by atoms with Gasteiger partial charge in [0.1, 0.15) is 17.1 Å². The van der Waals surface area contributed by atoms with E-state index in [9.17, 15) is 9.00 Å². The molecule has 1 fully saturated rings. The molecule has 5 heteroatoms. The van der Waals surface area contributed by atoms with E-state index < -0.39 is 27.8 Å². The van der Waals surface area contributed by atoms with E-state index in [1.807, 2.05) is 60.7 Å². The summed E-state index contributed by atoms with van der Waals surface area (Å²) in [5.41, 5.74) is 1.07. The number of rotatable bonds is 3. The fourth-order valence-corrected chi connectivity index (χ4v) is 5.92. The Morgan fingerprint density at radius 3 is 2.29 bits per heavy atom. The molecule has 1 spiro atoms. The van der Waals surface area contributed by atoms with E-state index in [1.54, 1.807) is 25.3 Å². The Morgan fingerprint density at radius 2 is 1.57 bits per heavy atom. The molecule has 0 amide bonds. The van der Waals surface area contributed by atoms with Crippen molar-refractivity contribution in [3.05, 3.63) is 95.6 Å². The molecule has 140 valence electrons. The number of hydrogen-bond donors (Lipinski definition) is 0. The number of fused-ring (bicyclic) bond motifs is 1. The van der Waals surface area contributed by atoms with Crippen LogP contribution in [0.5, 0.6) is 5.75 Å². The van der Waals surface area contributed by atoms with E-state index in [0.29, 0.717) is 10.5 Å². The Balaban J connectivity index is 1.66. The second-order valence-corrected chi connectivity index (χ2v) is 8.48. The molecular weight excluding hydrogens is 372 g/mol. The molecule has 28 heavy (non-hydrogen) atoms. The van der Waals surface area contributed by atoms with Crippen molar-refractivity contribution in [1.82, 2.24) is 0 Å². The number of hydrogen-bond acceptors (Lipinski definition) is 4. The molecule has 3 aromatic carbocycles. The van der Waals surface area contributed by atoms with E-state index in [0.717, 1.165) is 16.9 Å². The lowest BCUT2D eigenvalue weighted by molar-refractivity contribution is 0.0859. The third-order valence-corrected chi connectivity index (χ3v) is 7.31. The zero-order valence-electron chi connectivity index (χ0n) is 15.2. The van der Waals surface area contributed by atoms with Gasteiger partial charge in [0, 0.05) is 5.56 Å². The molecule has 0 aromatic heterocycles. The maximum atomic E-state index is 13.6. The Bertz CT molecular complexity index is 1080. The molecule has 3 aromatic rings. The van der Waals surface area contributed by atoms with Gasteiger partial charge in [-0.3, -0.25) is 9.00 Å². The van der Waals surface area contributed by atoms with Gasteiger partial charge in [-0.1, -0.05) is 60.7 Å². The summed E-state index contributed by atoms with van der Waals surface area (Å²) in [5.74, 6) is 0.638. The number of carbonyl (C=O) groups excluding carboxylic acids is 1. The van der Waals surface area contributed by atoms with Gasteiger partial charge < -0.3 is 9.47 Å². The van der Waals surface area contributed by atoms with Gasteiger partial charge in [-0.2, -0.15) is 0 Å². The predicted octanol–water partition coefficient (Wildman–Crippen LogP) is 4.25. The van der Waals surface area contributed by atoms with E-state index in [1.165, 1.54) is 0 Å². The summed E-state index contributed by atoms with van der Waals surface area (Å²) in [6, 6.07) is 24.2. The number of epoxide rings is 1. The minimum atomic E-state index is -1.40. The van der Waals surface area contributed by atoms with Crippen LogP contribution >= 0.6 is 0 Å². The van der Waals surface area contributed by atoms with E-state index in [-0.39, 0.29) is 5.78 Å². The lowest BCUT2D eigenvalue weighted by Gasteiger charge is -2.30. The average molecular weight is 390 g/mol. The molecule has 0 aliphatic carbocycles. The average Bonchev–Trinajstić information content (AvgIpc) is 3.49. The first kappa shape index (κ1) is 17.3. The van der Waals surface area contributed by atoms with Crippen LogP contribution in [0.2, 0.25) is 0 Å². The first-order valence-electron chi connectivity index (χ1n) is 9.08. The highest BCUT2D eigenvalue weighted by molar-refractivity contribution is 7.85. The monoisotopic (exact) mass is 390 g/mol. The molecule has 1 saturated heterocycles. The van der Waals surface area contributed by atoms with Crippen molar-refractivity contribution in [2.45, 2.75) is 21.9 Å². The molecule has 4 nitrogen and oxygen atoms in total. The van der Waals surface area contributed by atoms with Gasteiger partial charge in [0.15, 0.2) is 5.60 Å². The van der Waals surface area contributed by atoms with Gasteiger partial charge in [0.2, 0.25) is 5.78 Å². The number of carbonyl (C=O) groups is 1. The zero-order valence-corrected chi connectivity index (χ0v) is 16.0. The first-order chi connectivity index (χ1) is 13.7. The van der Waals surface area contributed by atoms with Crippen molar-refractivity contribution in [2.24, 2.45) is 0 Å². The van der Waals surface area contributed by atoms with Crippen LogP contribution in [0.4, 0.5) is 0 Å². The molecule has 0 N–H and O–H groups in total. The van der Waals surface area contributed by atoms with Crippen molar-refractivity contribution >= 4 is 16.6 Å². The summed E-state index contributed by atoms with van der Waals surface area (Å²) in [5, 5.41) is -0.553. The highest BCUT2D eigenvalue weighted by Crippen LogP contribution is 2.63. The third kappa shape index (κ3) is 2.40. The zero-order chi connectivity index (χ0) is 19.3. The number of benzene rings is 3. The molecule has 0 radical (unpaired) electrons. The van der Waals surface area contributed by atoms with E-state index in [2.05, 4.69) is 0 Å². The van der Waals surface area contributed by atoms with Crippen LogP contribution in [0.3, 0.4) is 0 Å². The molecule has 2 aliphatic rings. The Labute approximate surface area is 165 Å². The van der Waals surface area contributed by atoms with Crippen molar-refractivity contribution in [3.63, 3.8) is 0 Å². The number of ketones is 1. The quantitative estimate of drug-likeness (QED) is 0.628. The lowest BCUT2D eigenvalue weighted by Crippen LogP contribution is -2.40. The maximum absolute atomic E-state index is 13.6. The van der Waals surface area contributed by atoms with Crippen LogP contribution in [0.15, 0.2) is 83.8 Å². The topological polar surface area (TPSA) is 55.9 Å². The summed E-state index contributed by atoms with van der Waals surface area (Å²) in [6.45, 7) is 0. The van der Waals surface area contributed by atoms with Crippen LogP contribution < -0.4 is 4.74 Å². The number of methoxy groups -OCH3 is 1. The lowest BCUT2D eigenvalue weighted by atomic mass is 9.85. The van der Waals surface area contributed by atoms with Gasteiger partial charge in [-0.25, -0.2) is 0 Å². The summed E-state index contributed by atoms with van der Waals surface area (Å²) < 4.78 is 24.9. The minimum Gasteiger partial charge on any atom is -0.497 e. The van der Waals surface area contributed by atoms with Crippen molar-refractivity contribution in [2.75, 3.05) is 7.11 Å². The van der Waals surface area contributed by atoms with Gasteiger partial charge in [0.05, 0.1) is 22.8 Å². The van der Waals surface area contributed by atoms with E-state index >= 15 is 0 Å². The number of ether oxygens (including phenoxy) is 2. The SMILES string of the molecule is COc1ccc([C@H]2O[C@]23C(=O)c2ccccc2S(=O)[C@@H]3c2ccccc2)cc1. The second kappa shape index (κ2) is 6.40. The van der Waals surface area contributed by atoms with Gasteiger partial charge >= 0.3 is 0 Å². The van der Waals surface area contributed by atoms with Crippen LogP contribution in [0.25, 0.3) is 0 Å². The Kier molecular flexibility index (Phi) is 3.96. The van der Waals surface area contributed by atoms with Gasteiger partial charge in [-0.15, -0.1) is 0 Å². The molecular formula is C23H18O4S. The summed E-state index contributed by atoms with van der Waals surface area (Å²) in [4.78, 5) is 14.1. The Morgan fingerprint density at radius 1 is 0.893 bits per heavy atom. The third-order valence-electron chi connectivity index (χ3n) is 5.47. The molecule has 4 atom stereocenters. The fourth-order valence-electron chi connectivity index (χ4n) is 4.07. The number of Topliss-reactive ketones (excluding diaryl/α,β-unsaturated/α-hetero) is 1. The van der Waals surface area contributed by atoms with Crippen LogP contribution in [-0.2, 0) is 15.5 Å². The molecule has 0 bridgehead atoms. The summed E-state index contributed by atoms with van der Waals surface area (Å²) in [6.07, 6.45) is -0.437. The largest absolute Gasteiger partial charge is 0.497 e. The molecule has 1 unspecified atom stereocenters. The van der Waals surface area contributed by atoms with Gasteiger partial charge in [0.25, 0.3) is 0 Å². The highest BCUT2D eigenvalue weighted by atomic mass is 32.2. The Hall–Kier alpha value is -2.76. The summed E-state index contributed by atoms with van der Waals surface area (Å²) in [7, 11) is 0.209. The van der Waals surface area contributed by atoms with Crippen molar-refractivity contribution in [3.8, 4) is 5.75 Å². The maximum Gasteiger partial charge on any atom is 0.200 e. The van der Waals surface area contributed by atoms with Crippen LogP contribution in [0, 0.1) is 0 Å². The molecule has 0 saturated carbocycles. The summed E-state index contributed by atoms with van der Waals surface area (Å²) >= 11 is 0. The molecule has 2 aliphatic heterocycles. The smallest absolute Gasteiger partial charge is 0.200 e. The van der Waals surface area contributed by atoms with Crippen LogP contribution in [-0.4, -0.2) is 22.7 Å². The highest BCUT2D eigenvalue weighted by Gasteiger charge is 2.71. The fraction of sp³-hybridized carbons (Fsp3) is 0.174. The normalized spacial score (nSPS) is 28.0. The molecule has 5 rings (SSSR count). The minimum absolute atomic E-state index is 0.0997. The van der Waals surface area contributed by atoms with Gasteiger partial charge in [-0.05, 0) is 29.3 Å². The van der Waals surface area contributed by atoms with Crippen LogP contribution in [0.1, 0.15) is 32.8 Å². The molecule has 2 heterocycles. The first-order valence-corrected chi connectivity index (χ1v) is 10.3. The van der Waals surface area contributed by atoms with Crippen molar-refractivity contribution in [1.29, 1.82) is 0 Å². The standard InChI is InChI=1S/C23H18O4S/c1-26-17-13-11-15(12-14-17)21-23(27-21)20(24)18-9-5-6-10-19(18)28(25)22(23)16-7-3-2-4-8-16/h2-14,21-22H,1H3/t21-,22-,23-,28?/m1/s1. The second-order valence-electron chi connectivity index (χ2n) is 6.98.